The van der Waals surface area contributed by atoms with E-state index in [1.807, 2.05) is 82.3 Å². The number of ether oxygens (including phenoxy) is 1. The molecule has 0 saturated carbocycles. The van der Waals surface area contributed by atoms with E-state index in [4.69, 9.17) is 17.0 Å². The fourth-order valence-electron chi connectivity index (χ4n) is 5.57. The molecule has 4 aromatic rings. The van der Waals surface area contributed by atoms with E-state index in [0.29, 0.717) is 10.7 Å². The summed E-state index contributed by atoms with van der Waals surface area (Å²) in [5.74, 6) is -0.545. The van der Waals surface area contributed by atoms with Crippen LogP contribution in [0, 0.1) is 26.7 Å². The van der Waals surface area contributed by atoms with Gasteiger partial charge >= 0.3 is 5.97 Å². The Morgan fingerprint density at radius 3 is 2.43 bits per heavy atom. The predicted octanol–water partition coefficient (Wildman–Crippen LogP) is 6.36. The van der Waals surface area contributed by atoms with Crippen LogP contribution < -0.4 is 15.5 Å². The molecule has 2 aromatic carbocycles. The number of anilines is 2. The van der Waals surface area contributed by atoms with Crippen molar-refractivity contribution in [3.8, 4) is 5.69 Å². The van der Waals surface area contributed by atoms with Crippen molar-refractivity contribution in [2.45, 2.75) is 46.7 Å². The minimum Gasteiger partial charge on any atom is -0.465 e. The summed E-state index contributed by atoms with van der Waals surface area (Å²) < 4.78 is 7.17. The second-order valence-corrected chi connectivity index (χ2v) is 11.2. The van der Waals surface area contributed by atoms with Gasteiger partial charge in [-0.2, -0.15) is 0 Å². The fourth-order valence-corrected chi connectivity index (χ4v) is 5.92. The number of carbonyl (C=O) groups excluding carboxylic acids is 2. The maximum Gasteiger partial charge on any atom is 0.339 e. The first-order valence-electron chi connectivity index (χ1n) is 13.9. The number of thiocarbonyl (C=S) groups is 1. The Labute approximate surface area is 251 Å². The third-order valence-corrected chi connectivity index (χ3v) is 8.02. The molecular formula is C33H35N5O3S. The lowest BCUT2D eigenvalue weighted by Crippen LogP contribution is -2.29. The molecule has 1 aliphatic heterocycles. The van der Waals surface area contributed by atoms with Gasteiger partial charge in [0.1, 0.15) is 0 Å². The van der Waals surface area contributed by atoms with E-state index in [1.165, 1.54) is 7.11 Å². The molecule has 2 N–H and O–H groups in total. The minimum absolute atomic E-state index is 0.0306. The number of methoxy groups -OCH3 is 1. The number of aromatic nitrogens is 2. The standard InChI is InChI=1S/C33H35N5O3S/c1-19(2)31(39)35-26-15-14-23(17-20(26)3)38-30(29(36-33(38)42)27-12-9-10-16-34-27)25-18-21(4)37(22(25)5)28-13-8-7-11-24(28)32(40)41-6/h7-19,29-30H,1-6H3,(H,35,39)(H,36,42)/t29-,30-/m0/s1. The number of esters is 1. The average Bonchev–Trinajstić information content (AvgIpc) is 3.48. The number of nitrogens with one attached hydrogen (secondary N) is 2. The zero-order valence-corrected chi connectivity index (χ0v) is 25.5. The number of hydrogen-bond acceptors (Lipinski definition) is 5. The van der Waals surface area contributed by atoms with E-state index in [9.17, 15) is 9.59 Å². The van der Waals surface area contributed by atoms with Crippen LogP contribution in [-0.4, -0.2) is 33.6 Å². The summed E-state index contributed by atoms with van der Waals surface area (Å²) in [7, 11) is 1.39. The van der Waals surface area contributed by atoms with Crippen LogP contribution in [0.3, 0.4) is 0 Å². The van der Waals surface area contributed by atoms with Crippen molar-refractivity contribution < 1.29 is 14.3 Å². The molecule has 1 saturated heterocycles. The van der Waals surface area contributed by atoms with Crippen molar-refractivity contribution in [2.75, 3.05) is 17.3 Å². The Hall–Kier alpha value is -4.50. The smallest absolute Gasteiger partial charge is 0.339 e. The molecule has 0 aliphatic carbocycles. The number of benzene rings is 2. The van der Waals surface area contributed by atoms with Crippen LogP contribution in [0.25, 0.3) is 5.69 Å². The van der Waals surface area contributed by atoms with Crippen LogP contribution in [-0.2, 0) is 9.53 Å². The maximum atomic E-state index is 12.7. The lowest BCUT2D eigenvalue weighted by atomic mass is 9.96. The Morgan fingerprint density at radius 2 is 1.76 bits per heavy atom. The van der Waals surface area contributed by atoms with Crippen molar-refractivity contribution in [2.24, 2.45) is 5.92 Å². The van der Waals surface area contributed by atoms with Gasteiger partial charge in [-0.15, -0.1) is 0 Å². The number of nitrogens with zero attached hydrogens (tertiary/aromatic N) is 3. The molecule has 2 atom stereocenters. The van der Waals surface area contributed by atoms with Crippen molar-refractivity contribution in [1.82, 2.24) is 14.9 Å². The highest BCUT2D eigenvalue weighted by molar-refractivity contribution is 7.80. The normalized spacial score (nSPS) is 16.5. The summed E-state index contributed by atoms with van der Waals surface area (Å²) in [4.78, 5) is 31.8. The molecule has 0 bridgehead atoms. The van der Waals surface area contributed by atoms with Crippen molar-refractivity contribution in [3.63, 3.8) is 0 Å². The topological polar surface area (TPSA) is 88.5 Å². The van der Waals surface area contributed by atoms with Gasteiger partial charge in [-0.1, -0.05) is 32.0 Å². The summed E-state index contributed by atoms with van der Waals surface area (Å²) in [6.07, 6.45) is 1.78. The summed E-state index contributed by atoms with van der Waals surface area (Å²) in [6.45, 7) is 9.81. The van der Waals surface area contributed by atoms with Gasteiger partial charge in [0.2, 0.25) is 5.91 Å². The molecule has 0 unspecified atom stereocenters. The fraction of sp³-hybridized carbons (Fsp3) is 0.273. The molecule has 216 valence electrons. The second kappa shape index (κ2) is 11.8. The Kier molecular flexibility index (Phi) is 8.13. The molecule has 42 heavy (non-hydrogen) atoms. The first-order chi connectivity index (χ1) is 20.1. The Morgan fingerprint density at radius 1 is 1.02 bits per heavy atom. The Bertz CT molecular complexity index is 1660. The van der Waals surface area contributed by atoms with Gasteiger partial charge in [-0.05, 0) is 92.6 Å². The highest BCUT2D eigenvalue weighted by Gasteiger charge is 2.42. The lowest BCUT2D eigenvalue weighted by molar-refractivity contribution is -0.118. The molecule has 1 aliphatic rings. The summed E-state index contributed by atoms with van der Waals surface area (Å²) in [5.41, 5.74) is 7.70. The molecule has 0 spiro atoms. The first-order valence-corrected chi connectivity index (χ1v) is 14.3. The molecule has 2 aromatic heterocycles. The van der Waals surface area contributed by atoms with Gasteiger partial charge in [0.15, 0.2) is 5.11 Å². The van der Waals surface area contributed by atoms with Crippen molar-refractivity contribution in [3.05, 3.63) is 107 Å². The molecule has 9 heteroatoms. The highest BCUT2D eigenvalue weighted by Crippen LogP contribution is 2.44. The molecule has 8 nitrogen and oxygen atoms in total. The molecule has 5 rings (SSSR count). The van der Waals surface area contributed by atoms with E-state index in [-0.39, 0.29) is 23.9 Å². The van der Waals surface area contributed by atoms with Crippen molar-refractivity contribution in [1.29, 1.82) is 0 Å². The molecular weight excluding hydrogens is 546 g/mol. The predicted molar refractivity (Wildman–Crippen MR) is 169 cm³/mol. The number of hydrogen-bond donors (Lipinski definition) is 2. The lowest BCUT2D eigenvalue weighted by Gasteiger charge is -2.29. The first kappa shape index (κ1) is 29.0. The zero-order chi connectivity index (χ0) is 30.1. The minimum atomic E-state index is -0.392. The van der Waals surface area contributed by atoms with E-state index in [2.05, 4.69) is 38.1 Å². The average molecular weight is 582 g/mol. The van der Waals surface area contributed by atoms with Gasteiger partial charge in [-0.3, -0.25) is 9.78 Å². The number of para-hydroxylation sites is 1. The Balaban J connectivity index is 1.64. The number of amides is 1. The van der Waals surface area contributed by atoms with Crippen molar-refractivity contribution >= 4 is 40.6 Å². The van der Waals surface area contributed by atoms with Crippen LogP contribution in [0.15, 0.2) is 72.9 Å². The SMILES string of the molecule is COC(=O)c1ccccc1-n1c(C)cc([C@H]2[C@H](c3ccccn3)NC(=S)N2c2ccc(NC(=O)C(C)C)c(C)c2)c1C. The third-order valence-electron chi connectivity index (χ3n) is 7.71. The summed E-state index contributed by atoms with van der Waals surface area (Å²) in [5, 5.41) is 7.12. The second-order valence-electron chi connectivity index (χ2n) is 10.8. The summed E-state index contributed by atoms with van der Waals surface area (Å²) >= 11 is 5.95. The maximum absolute atomic E-state index is 12.7. The highest BCUT2D eigenvalue weighted by atomic mass is 32.1. The van der Waals surface area contributed by atoms with Gasteiger partial charge in [-0.25, -0.2) is 4.79 Å². The van der Waals surface area contributed by atoms with Gasteiger partial charge < -0.3 is 24.8 Å². The monoisotopic (exact) mass is 581 g/mol. The molecule has 1 fully saturated rings. The number of aryl methyl sites for hydroxylation is 2. The largest absolute Gasteiger partial charge is 0.465 e. The third kappa shape index (κ3) is 5.27. The van der Waals surface area contributed by atoms with Crippen LogP contribution >= 0.6 is 12.2 Å². The van der Waals surface area contributed by atoms with Crippen LogP contribution in [0.2, 0.25) is 0 Å². The van der Waals surface area contributed by atoms with Gasteiger partial charge in [0.25, 0.3) is 0 Å². The van der Waals surface area contributed by atoms with E-state index in [1.54, 1.807) is 12.3 Å². The number of carbonyl (C=O) groups is 2. The number of pyridine rings is 1. The molecule has 3 heterocycles. The van der Waals surface area contributed by atoms with Crippen LogP contribution in [0.4, 0.5) is 11.4 Å². The van der Waals surface area contributed by atoms with Crippen LogP contribution in [0.1, 0.15) is 64.5 Å². The summed E-state index contributed by atoms with van der Waals surface area (Å²) in [6, 6.07) is 20.9. The van der Waals surface area contributed by atoms with E-state index >= 15 is 0 Å². The molecule has 0 radical (unpaired) electrons. The van der Waals surface area contributed by atoms with Crippen LogP contribution in [0.5, 0.6) is 0 Å². The quantitative estimate of drug-likeness (QED) is 0.194. The van der Waals surface area contributed by atoms with E-state index in [0.717, 1.165) is 45.3 Å². The van der Waals surface area contributed by atoms with Gasteiger partial charge in [0, 0.05) is 34.9 Å². The number of rotatable bonds is 7. The van der Waals surface area contributed by atoms with Gasteiger partial charge in [0.05, 0.1) is 36.1 Å². The van der Waals surface area contributed by atoms with E-state index < -0.39 is 5.97 Å². The zero-order valence-electron chi connectivity index (χ0n) is 24.6. The molecule has 1 amide bonds.